The number of methoxy groups -OCH3 is 1. The maximum Gasteiger partial charge on any atom is 0.104 e. The average Bonchev–Trinajstić information content (AvgIpc) is 3.51. The van der Waals surface area contributed by atoms with Gasteiger partial charge in [0.05, 0.1) is 32.0 Å². The van der Waals surface area contributed by atoms with Crippen molar-refractivity contribution < 1.29 is 18.9 Å². The van der Waals surface area contributed by atoms with Crippen molar-refractivity contribution in [1.29, 1.82) is 0 Å². The van der Waals surface area contributed by atoms with E-state index < -0.39 is 0 Å². The molecule has 4 nitrogen and oxygen atoms in total. The number of rotatable bonds is 20. The number of ether oxygens (including phenoxy) is 4. The lowest BCUT2D eigenvalue weighted by molar-refractivity contribution is -0.110. The van der Waals surface area contributed by atoms with E-state index in [1.54, 1.807) is 7.11 Å². The van der Waals surface area contributed by atoms with E-state index in [0.717, 1.165) is 39.1 Å². The van der Waals surface area contributed by atoms with Gasteiger partial charge in [-0.05, 0) is 38.0 Å². The predicted octanol–water partition coefficient (Wildman–Crippen LogP) is 5.77. The summed E-state index contributed by atoms with van der Waals surface area (Å²) in [5.41, 5.74) is -0.0123. The van der Waals surface area contributed by atoms with E-state index in [1.807, 2.05) is 0 Å². The van der Waals surface area contributed by atoms with Crippen molar-refractivity contribution in [3.05, 3.63) is 0 Å². The van der Waals surface area contributed by atoms with E-state index >= 15 is 0 Å². The minimum atomic E-state index is -0.0123. The molecule has 1 aliphatic heterocycles. The Labute approximate surface area is 168 Å². The van der Waals surface area contributed by atoms with Gasteiger partial charge in [-0.2, -0.15) is 0 Å². The van der Waals surface area contributed by atoms with Crippen LogP contribution in [0.4, 0.5) is 0 Å². The van der Waals surface area contributed by atoms with Gasteiger partial charge < -0.3 is 18.9 Å². The predicted molar refractivity (Wildman–Crippen MR) is 112 cm³/mol. The van der Waals surface area contributed by atoms with Crippen molar-refractivity contribution in [3.8, 4) is 0 Å². The molecule has 2 atom stereocenters. The molecule has 0 aliphatic carbocycles. The van der Waals surface area contributed by atoms with Gasteiger partial charge in [-0.1, -0.05) is 59.3 Å². The highest BCUT2D eigenvalue weighted by atomic mass is 16.6. The second-order valence-corrected chi connectivity index (χ2v) is 8.04. The lowest BCUT2D eigenvalue weighted by Gasteiger charge is -2.40. The molecule has 1 rings (SSSR count). The van der Waals surface area contributed by atoms with Crippen LogP contribution in [-0.2, 0) is 18.9 Å². The molecule has 0 aromatic carbocycles. The monoisotopic (exact) mass is 386 g/mol. The first-order chi connectivity index (χ1) is 13.2. The zero-order chi connectivity index (χ0) is 19.8. The van der Waals surface area contributed by atoms with E-state index in [2.05, 4.69) is 20.8 Å². The van der Waals surface area contributed by atoms with Crippen molar-refractivity contribution in [2.75, 3.05) is 40.1 Å². The van der Waals surface area contributed by atoms with Crippen molar-refractivity contribution in [2.24, 2.45) is 5.92 Å². The van der Waals surface area contributed by atoms with Gasteiger partial charge in [-0.3, -0.25) is 0 Å². The molecule has 162 valence electrons. The molecule has 1 fully saturated rings. The summed E-state index contributed by atoms with van der Waals surface area (Å²) in [5, 5.41) is 0. The molecule has 4 heteroatoms. The quantitative estimate of drug-likeness (QED) is 0.197. The molecule has 0 aromatic heterocycles. The third-order valence-corrected chi connectivity index (χ3v) is 6.07. The molecule has 1 aliphatic rings. The Bertz CT molecular complexity index is 326. The average molecular weight is 387 g/mol. The third-order valence-electron chi connectivity index (χ3n) is 6.07. The fourth-order valence-corrected chi connectivity index (χ4v) is 4.13. The van der Waals surface area contributed by atoms with Crippen LogP contribution in [0.2, 0.25) is 0 Å². The molecule has 0 N–H and O–H groups in total. The first-order valence-electron chi connectivity index (χ1n) is 11.5. The van der Waals surface area contributed by atoms with E-state index in [1.165, 1.54) is 51.4 Å². The summed E-state index contributed by atoms with van der Waals surface area (Å²) in [5.74, 6) is 0.608. The van der Waals surface area contributed by atoms with Crippen LogP contribution in [0.1, 0.15) is 91.4 Å². The van der Waals surface area contributed by atoms with Crippen LogP contribution in [0.25, 0.3) is 0 Å². The molecule has 27 heavy (non-hydrogen) atoms. The molecule has 0 saturated carbocycles. The van der Waals surface area contributed by atoms with Gasteiger partial charge in [0.25, 0.3) is 0 Å². The molecule has 0 aromatic rings. The Morgan fingerprint density at radius 3 is 2.19 bits per heavy atom. The Balaban J connectivity index is 2.47. The molecule has 2 unspecified atom stereocenters. The van der Waals surface area contributed by atoms with Gasteiger partial charge in [-0.15, -0.1) is 0 Å². The Morgan fingerprint density at radius 2 is 1.56 bits per heavy atom. The van der Waals surface area contributed by atoms with Crippen molar-refractivity contribution in [2.45, 2.75) is 103 Å². The summed E-state index contributed by atoms with van der Waals surface area (Å²) >= 11 is 0. The first-order valence-corrected chi connectivity index (χ1v) is 11.5. The van der Waals surface area contributed by atoms with E-state index in [-0.39, 0.29) is 5.60 Å². The van der Waals surface area contributed by atoms with Gasteiger partial charge in [0.15, 0.2) is 0 Å². The zero-order valence-corrected chi connectivity index (χ0v) is 18.6. The smallest absolute Gasteiger partial charge is 0.104 e. The largest absolute Gasteiger partial charge is 0.382 e. The third kappa shape index (κ3) is 10.8. The maximum absolute atomic E-state index is 6.45. The molecule has 1 saturated heterocycles. The first kappa shape index (κ1) is 24.9. The Morgan fingerprint density at radius 1 is 0.889 bits per heavy atom. The van der Waals surface area contributed by atoms with Gasteiger partial charge in [-0.25, -0.2) is 0 Å². The van der Waals surface area contributed by atoms with E-state index in [4.69, 9.17) is 18.9 Å². The lowest BCUT2D eigenvalue weighted by atomic mass is 9.77. The van der Waals surface area contributed by atoms with Gasteiger partial charge >= 0.3 is 0 Å². The summed E-state index contributed by atoms with van der Waals surface area (Å²) in [6.07, 6.45) is 14.2. The standard InChI is InChI=1S/C23H46O4/c1-5-8-9-10-11-12-14-21(15-13-16-25-19-22-20-26-22)23(6-2,7-3)27-18-17-24-4/h21-22H,5-20H2,1-4H3. The molecule has 0 amide bonds. The fraction of sp³-hybridized carbons (Fsp3) is 1.00. The highest BCUT2D eigenvalue weighted by Gasteiger charge is 2.35. The van der Waals surface area contributed by atoms with Crippen LogP contribution in [0.15, 0.2) is 0 Å². The summed E-state index contributed by atoms with van der Waals surface area (Å²) in [6, 6.07) is 0. The SMILES string of the molecule is CCCCCCCCC(CCCOCC1CO1)C(CC)(CC)OCCOC. The Hall–Kier alpha value is -0.160. The summed E-state index contributed by atoms with van der Waals surface area (Å²) in [4.78, 5) is 0. The Kier molecular flexibility index (Phi) is 14.5. The van der Waals surface area contributed by atoms with Gasteiger partial charge in [0.2, 0.25) is 0 Å². The van der Waals surface area contributed by atoms with Crippen LogP contribution in [0.3, 0.4) is 0 Å². The van der Waals surface area contributed by atoms with Crippen LogP contribution in [0, 0.1) is 5.92 Å². The van der Waals surface area contributed by atoms with Gasteiger partial charge in [0.1, 0.15) is 6.10 Å². The second-order valence-electron chi connectivity index (χ2n) is 8.04. The highest BCUT2D eigenvalue weighted by molar-refractivity contribution is 4.86. The minimum absolute atomic E-state index is 0.0123. The molecule has 1 heterocycles. The highest BCUT2D eigenvalue weighted by Crippen LogP contribution is 2.36. The fourth-order valence-electron chi connectivity index (χ4n) is 4.13. The summed E-state index contributed by atoms with van der Waals surface area (Å²) < 4.78 is 22.7. The molecule has 0 bridgehead atoms. The van der Waals surface area contributed by atoms with Crippen molar-refractivity contribution in [3.63, 3.8) is 0 Å². The summed E-state index contributed by atoms with van der Waals surface area (Å²) in [7, 11) is 1.75. The number of epoxide rings is 1. The van der Waals surface area contributed by atoms with Crippen LogP contribution in [0.5, 0.6) is 0 Å². The number of unbranched alkanes of at least 4 members (excludes halogenated alkanes) is 5. The maximum atomic E-state index is 6.45. The minimum Gasteiger partial charge on any atom is -0.382 e. The van der Waals surface area contributed by atoms with E-state index in [0.29, 0.717) is 25.2 Å². The van der Waals surface area contributed by atoms with E-state index in [9.17, 15) is 0 Å². The number of hydrogen-bond donors (Lipinski definition) is 0. The molecular formula is C23H46O4. The molecule has 0 radical (unpaired) electrons. The van der Waals surface area contributed by atoms with Crippen molar-refractivity contribution >= 4 is 0 Å². The zero-order valence-electron chi connectivity index (χ0n) is 18.6. The molecule has 0 spiro atoms. The van der Waals surface area contributed by atoms with Crippen LogP contribution in [-0.4, -0.2) is 51.8 Å². The van der Waals surface area contributed by atoms with Crippen LogP contribution < -0.4 is 0 Å². The van der Waals surface area contributed by atoms with Gasteiger partial charge in [0, 0.05) is 13.7 Å². The normalized spacial score (nSPS) is 18.0. The van der Waals surface area contributed by atoms with Crippen LogP contribution >= 0.6 is 0 Å². The number of hydrogen-bond acceptors (Lipinski definition) is 4. The second kappa shape index (κ2) is 15.7. The lowest BCUT2D eigenvalue weighted by Crippen LogP contribution is -2.41. The topological polar surface area (TPSA) is 40.2 Å². The van der Waals surface area contributed by atoms with Crippen molar-refractivity contribution in [1.82, 2.24) is 0 Å². The molecular weight excluding hydrogens is 340 g/mol. The summed E-state index contributed by atoms with van der Waals surface area (Å²) in [6.45, 7) is 10.7.